The third kappa shape index (κ3) is 4.37. The molecular formula is C35H25N5. The molecule has 7 aromatic rings. The van der Waals surface area contributed by atoms with Crippen LogP contribution >= 0.6 is 0 Å². The van der Waals surface area contributed by atoms with Crippen molar-refractivity contribution in [3.05, 3.63) is 127 Å². The first-order valence-electron chi connectivity index (χ1n) is 13.3. The van der Waals surface area contributed by atoms with Crippen LogP contribution in [-0.2, 0) is 0 Å². The SMILES string of the molecule is Cc1cc(C)c2ccc3ccc(-c4ccc(-c5nc(-c6ccccc6)nc(-c6ccccc6)n5)cc4)nc3c2n1. The summed E-state index contributed by atoms with van der Waals surface area (Å²) in [6, 6.07) is 38.8. The first-order chi connectivity index (χ1) is 19.6. The second kappa shape index (κ2) is 9.79. The van der Waals surface area contributed by atoms with Gasteiger partial charge in [-0.05, 0) is 31.5 Å². The van der Waals surface area contributed by atoms with Gasteiger partial charge in [-0.25, -0.2) is 19.9 Å². The van der Waals surface area contributed by atoms with Gasteiger partial charge in [0.25, 0.3) is 0 Å². The van der Waals surface area contributed by atoms with Crippen LogP contribution in [0, 0.1) is 13.8 Å². The van der Waals surface area contributed by atoms with Gasteiger partial charge in [0, 0.05) is 38.7 Å². The Balaban J connectivity index is 1.31. The highest BCUT2D eigenvalue weighted by Gasteiger charge is 2.13. The Labute approximate surface area is 232 Å². The van der Waals surface area contributed by atoms with Crippen LogP contribution in [0.4, 0.5) is 0 Å². The van der Waals surface area contributed by atoms with Gasteiger partial charge in [0.15, 0.2) is 17.5 Å². The predicted molar refractivity (Wildman–Crippen MR) is 162 cm³/mol. The van der Waals surface area contributed by atoms with Crippen LogP contribution in [0.5, 0.6) is 0 Å². The van der Waals surface area contributed by atoms with Crippen LogP contribution < -0.4 is 0 Å². The number of hydrogen-bond acceptors (Lipinski definition) is 5. The van der Waals surface area contributed by atoms with Crippen molar-refractivity contribution in [2.45, 2.75) is 13.8 Å². The lowest BCUT2D eigenvalue weighted by molar-refractivity contribution is 1.07. The molecular weight excluding hydrogens is 490 g/mol. The summed E-state index contributed by atoms with van der Waals surface area (Å²) in [7, 11) is 0. The molecule has 0 N–H and O–H groups in total. The van der Waals surface area contributed by atoms with E-state index in [2.05, 4.69) is 61.5 Å². The molecule has 0 aliphatic rings. The number of rotatable bonds is 4. The molecule has 5 nitrogen and oxygen atoms in total. The number of pyridine rings is 2. The molecule has 0 saturated carbocycles. The monoisotopic (exact) mass is 515 g/mol. The number of aromatic nitrogens is 5. The first-order valence-corrected chi connectivity index (χ1v) is 13.3. The molecule has 0 aliphatic heterocycles. The average Bonchev–Trinajstić information content (AvgIpc) is 3.01. The van der Waals surface area contributed by atoms with E-state index in [1.54, 1.807) is 0 Å². The zero-order chi connectivity index (χ0) is 27.1. The molecule has 0 radical (unpaired) electrons. The largest absolute Gasteiger partial charge is 0.251 e. The molecule has 0 amide bonds. The zero-order valence-electron chi connectivity index (χ0n) is 22.2. The topological polar surface area (TPSA) is 64.5 Å². The van der Waals surface area contributed by atoms with Gasteiger partial charge >= 0.3 is 0 Å². The predicted octanol–water partition coefficient (Wildman–Crippen LogP) is 8.25. The maximum Gasteiger partial charge on any atom is 0.164 e. The number of aryl methyl sites for hydroxylation is 2. The van der Waals surface area contributed by atoms with Crippen molar-refractivity contribution in [2.75, 3.05) is 0 Å². The van der Waals surface area contributed by atoms with Crippen molar-refractivity contribution in [1.82, 2.24) is 24.9 Å². The number of fused-ring (bicyclic) bond motifs is 3. The highest BCUT2D eigenvalue weighted by atomic mass is 15.0. The van der Waals surface area contributed by atoms with Crippen LogP contribution in [-0.4, -0.2) is 24.9 Å². The lowest BCUT2D eigenvalue weighted by Gasteiger charge is -2.10. The second-order valence-corrected chi connectivity index (χ2v) is 9.93. The molecule has 190 valence electrons. The highest BCUT2D eigenvalue weighted by Crippen LogP contribution is 2.30. The van der Waals surface area contributed by atoms with Gasteiger partial charge in [0.1, 0.15) is 0 Å². The fraction of sp³-hybridized carbons (Fsp3) is 0.0571. The molecule has 0 bridgehead atoms. The van der Waals surface area contributed by atoms with Crippen molar-refractivity contribution in [1.29, 1.82) is 0 Å². The fourth-order valence-corrected chi connectivity index (χ4v) is 5.09. The summed E-state index contributed by atoms with van der Waals surface area (Å²) in [4.78, 5) is 24.4. The Morgan fingerprint density at radius 1 is 0.425 bits per heavy atom. The zero-order valence-corrected chi connectivity index (χ0v) is 22.2. The van der Waals surface area contributed by atoms with Crippen LogP contribution in [0.3, 0.4) is 0 Å². The average molecular weight is 516 g/mol. The third-order valence-corrected chi connectivity index (χ3v) is 7.11. The maximum absolute atomic E-state index is 5.06. The van der Waals surface area contributed by atoms with Gasteiger partial charge in [-0.1, -0.05) is 103 Å². The first kappa shape index (κ1) is 23.8. The Bertz CT molecular complexity index is 1940. The molecule has 40 heavy (non-hydrogen) atoms. The van der Waals surface area contributed by atoms with E-state index in [4.69, 9.17) is 24.9 Å². The Morgan fingerprint density at radius 3 is 1.55 bits per heavy atom. The van der Waals surface area contributed by atoms with Gasteiger partial charge in [-0.2, -0.15) is 0 Å². The lowest BCUT2D eigenvalue weighted by Crippen LogP contribution is -2.00. The summed E-state index contributed by atoms with van der Waals surface area (Å²) in [6.07, 6.45) is 0. The molecule has 0 unspecified atom stereocenters. The summed E-state index contributed by atoms with van der Waals surface area (Å²) >= 11 is 0. The molecule has 5 heteroatoms. The molecule has 3 heterocycles. The molecule has 0 fully saturated rings. The van der Waals surface area contributed by atoms with E-state index in [1.165, 1.54) is 5.56 Å². The van der Waals surface area contributed by atoms with Gasteiger partial charge in [0.05, 0.1) is 16.7 Å². The van der Waals surface area contributed by atoms with E-state index in [9.17, 15) is 0 Å². The lowest BCUT2D eigenvalue weighted by atomic mass is 10.0. The minimum atomic E-state index is 0.631. The van der Waals surface area contributed by atoms with E-state index in [-0.39, 0.29) is 0 Å². The second-order valence-electron chi connectivity index (χ2n) is 9.93. The molecule has 4 aromatic carbocycles. The highest BCUT2D eigenvalue weighted by molar-refractivity contribution is 6.04. The minimum Gasteiger partial charge on any atom is -0.251 e. The van der Waals surface area contributed by atoms with Crippen LogP contribution in [0.15, 0.2) is 115 Å². The Hall–Kier alpha value is -5.29. The summed E-state index contributed by atoms with van der Waals surface area (Å²) < 4.78 is 0. The van der Waals surface area contributed by atoms with Crippen molar-refractivity contribution in [2.24, 2.45) is 0 Å². The molecule has 0 atom stereocenters. The molecule has 3 aromatic heterocycles. The van der Waals surface area contributed by atoms with Crippen molar-refractivity contribution in [3.63, 3.8) is 0 Å². The van der Waals surface area contributed by atoms with Crippen LogP contribution in [0.2, 0.25) is 0 Å². The van der Waals surface area contributed by atoms with E-state index in [0.29, 0.717) is 17.5 Å². The third-order valence-electron chi connectivity index (χ3n) is 7.11. The quantitative estimate of drug-likeness (QED) is 0.221. The van der Waals surface area contributed by atoms with E-state index in [0.717, 1.165) is 55.4 Å². The summed E-state index contributed by atoms with van der Waals surface area (Å²) in [6.45, 7) is 4.15. The van der Waals surface area contributed by atoms with Gasteiger partial charge in [0.2, 0.25) is 0 Å². The minimum absolute atomic E-state index is 0.631. The number of hydrogen-bond donors (Lipinski definition) is 0. The molecule has 0 saturated heterocycles. The molecule has 0 aliphatic carbocycles. The van der Waals surface area contributed by atoms with Crippen molar-refractivity contribution in [3.8, 4) is 45.4 Å². The normalized spacial score (nSPS) is 11.2. The van der Waals surface area contributed by atoms with Crippen molar-refractivity contribution < 1.29 is 0 Å². The maximum atomic E-state index is 5.06. The molecule has 0 spiro atoms. The van der Waals surface area contributed by atoms with Crippen LogP contribution in [0.25, 0.3) is 67.2 Å². The summed E-state index contributed by atoms with van der Waals surface area (Å²) in [5.74, 6) is 1.93. The van der Waals surface area contributed by atoms with Crippen molar-refractivity contribution >= 4 is 21.8 Å². The number of benzene rings is 4. The van der Waals surface area contributed by atoms with E-state index in [1.807, 2.05) is 67.6 Å². The van der Waals surface area contributed by atoms with Crippen LogP contribution in [0.1, 0.15) is 11.3 Å². The van der Waals surface area contributed by atoms with Gasteiger partial charge in [-0.3, -0.25) is 4.98 Å². The molecule has 7 rings (SSSR count). The Morgan fingerprint density at radius 2 is 0.950 bits per heavy atom. The van der Waals surface area contributed by atoms with E-state index < -0.39 is 0 Å². The smallest absolute Gasteiger partial charge is 0.164 e. The summed E-state index contributed by atoms with van der Waals surface area (Å²) in [5, 5.41) is 2.22. The fourth-order valence-electron chi connectivity index (χ4n) is 5.09. The Kier molecular flexibility index (Phi) is 5.82. The standard InChI is InChI=1S/C35H25N5/c1-22-21-23(2)36-32-29(22)19-17-25-18-20-30(37-31(25)32)24-13-15-28(16-14-24)35-39-33(26-9-5-3-6-10-26)38-34(40-35)27-11-7-4-8-12-27/h3-21H,1-2H3. The van der Waals surface area contributed by atoms with E-state index >= 15 is 0 Å². The van der Waals surface area contributed by atoms with Gasteiger partial charge < -0.3 is 0 Å². The van der Waals surface area contributed by atoms with Gasteiger partial charge in [-0.15, -0.1) is 0 Å². The summed E-state index contributed by atoms with van der Waals surface area (Å²) in [5.41, 5.74) is 8.81. The number of nitrogens with zero attached hydrogens (tertiary/aromatic N) is 5.